The maximum Gasteiger partial charge on any atom is 0.340 e. The molecule has 1 N–H and O–H groups in total. The van der Waals surface area contributed by atoms with E-state index in [-0.39, 0.29) is 5.56 Å². The van der Waals surface area contributed by atoms with Crippen LogP contribution in [0.3, 0.4) is 0 Å². The molecular weight excluding hydrogens is 199 g/mol. The Morgan fingerprint density at radius 1 is 1.67 bits per heavy atom. The van der Waals surface area contributed by atoms with Gasteiger partial charge in [-0.3, -0.25) is 0 Å². The third kappa shape index (κ3) is 1.83. The van der Waals surface area contributed by atoms with Crippen molar-refractivity contribution in [2.75, 3.05) is 13.6 Å². The van der Waals surface area contributed by atoms with Crippen LogP contribution in [0.4, 0.5) is 4.39 Å². The topological polar surface area (TPSA) is 53.4 Å². The quantitative estimate of drug-likeness (QED) is 0.700. The highest BCUT2D eigenvalue weighted by Gasteiger charge is 2.20. The van der Waals surface area contributed by atoms with Crippen molar-refractivity contribution in [3.05, 3.63) is 28.8 Å². The van der Waals surface area contributed by atoms with Crippen molar-refractivity contribution >= 4 is 5.97 Å². The Labute approximate surface area is 86.4 Å². The number of carboxylic acids is 1. The fourth-order valence-electron chi connectivity index (χ4n) is 1.74. The summed E-state index contributed by atoms with van der Waals surface area (Å²) < 4.78 is 13.2. The van der Waals surface area contributed by atoms with Crippen molar-refractivity contribution in [2.45, 2.75) is 13.0 Å². The zero-order valence-corrected chi connectivity index (χ0v) is 8.33. The van der Waals surface area contributed by atoms with E-state index in [4.69, 9.17) is 5.11 Å². The zero-order valence-electron chi connectivity index (χ0n) is 8.33. The zero-order chi connectivity index (χ0) is 11.0. The fourth-order valence-corrected chi connectivity index (χ4v) is 1.74. The van der Waals surface area contributed by atoms with E-state index in [1.165, 1.54) is 6.07 Å². The van der Waals surface area contributed by atoms with Crippen LogP contribution in [0.25, 0.3) is 0 Å². The smallest absolute Gasteiger partial charge is 0.340 e. The molecule has 0 radical (unpaired) electrons. The van der Waals surface area contributed by atoms with E-state index in [0.717, 1.165) is 12.1 Å². The van der Waals surface area contributed by atoms with Crippen LogP contribution in [0.1, 0.15) is 21.6 Å². The van der Waals surface area contributed by atoms with Crippen molar-refractivity contribution in [3.8, 4) is 0 Å². The van der Waals surface area contributed by atoms with Gasteiger partial charge in [0.25, 0.3) is 0 Å². The van der Waals surface area contributed by atoms with Gasteiger partial charge in [0.15, 0.2) is 0 Å². The van der Waals surface area contributed by atoms with Gasteiger partial charge in [0.05, 0.1) is 0 Å². The Kier molecular flexibility index (Phi) is 2.40. The minimum Gasteiger partial charge on any atom is -0.478 e. The van der Waals surface area contributed by atoms with Crippen molar-refractivity contribution in [1.29, 1.82) is 0 Å². The van der Waals surface area contributed by atoms with Crippen LogP contribution in [-0.4, -0.2) is 34.6 Å². The van der Waals surface area contributed by atoms with E-state index in [1.54, 1.807) is 0 Å². The minimum atomic E-state index is -1.27. The summed E-state index contributed by atoms with van der Waals surface area (Å²) in [5.74, 6) is -2.15. The number of likely N-dealkylation sites (N-methyl/N-ethyl adjacent to an activating group) is 1. The van der Waals surface area contributed by atoms with Crippen LogP contribution in [-0.2, 0) is 13.0 Å². The van der Waals surface area contributed by atoms with Crippen molar-refractivity contribution in [2.24, 2.45) is 0 Å². The number of carboxylic acid groups (broad SMARTS) is 1. The maximum absolute atomic E-state index is 13.2. The SMILES string of the molecule is CN1CCc2nc(F)c(C(=O)O)cc2C1. The first-order valence-corrected chi connectivity index (χ1v) is 4.68. The molecule has 1 aliphatic heterocycles. The third-order valence-corrected chi connectivity index (χ3v) is 2.55. The van der Waals surface area contributed by atoms with Gasteiger partial charge in [-0.2, -0.15) is 4.39 Å². The molecule has 0 aromatic carbocycles. The highest BCUT2D eigenvalue weighted by atomic mass is 19.1. The average Bonchev–Trinajstić information content (AvgIpc) is 2.17. The number of halogens is 1. The van der Waals surface area contributed by atoms with Crippen molar-refractivity contribution < 1.29 is 14.3 Å². The molecule has 80 valence electrons. The van der Waals surface area contributed by atoms with E-state index < -0.39 is 11.9 Å². The molecule has 15 heavy (non-hydrogen) atoms. The summed E-state index contributed by atoms with van der Waals surface area (Å²) in [5.41, 5.74) is 1.14. The van der Waals surface area contributed by atoms with Gasteiger partial charge in [0.1, 0.15) is 5.56 Å². The Morgan fingerprint density at radius 2 is 2.40 bits per heavy atom. The Balaban J connectivity index is 2.47. The number of aromatic nitrogens is 1. The van der Waals surface area contributed by atoms with Crippen LogP contribution >= 0.6 is 0 Å². The summed E-state index contributed by atoms with van der Waals surface area (Å²) in [5, 5.41) is 8.74. The summed E-state index contributed by atoms with van der Waals surface area (Å²) >= 11 is 0. The standard InChI is InChI=1S/C10H11FN2O2/c1-13-3-2-8-6(5-13)4-7(10(14)15)9(11)12-8/h4H,2-3,5H2,1H3,(H,14,15). The normalized spacial score (nSPS) is 16.1. The largest absolute Gasteiger partial charge is 0.478 e. The summed E-state index contributed by atoms with van der Waals surface area (Å²) in [4.78, 5) is 16.4. The van der Waals surface area contributed by atoms with Crippen LogP contribution in [0.5, 0.6) is 0 Å². The Morgan fingerprint density at radius 3 is 3.07 bits per heavy atom. The van der Waals surface area contributed by atoms with Crippen LogP contribution in [0.15, 0.2) is 6.07 Å². The summed E-state index contributed by atoms with van der Waals surface area (Å²) in [6, 6.07) is 1.38. The Bertz CT molecular complexity index is 420. The molecule has 0 spiro atoms. The second-order valence-corrected chi connectivity index (χ2v) is 3.73. The number of carbonyl (C=O) groups is 1. The molecule has 0 atom stereocenters. The lowest BCUT2D eigenvalue weighted by atomic mass is 10.0. The molecule has 1 aromatic rings. The monoisotopic (exact) mass is 210 g/mol. The van der Waals surface area contributed by atoms with E-state index in [9.17, 15) is 9.18 Å². The number of nitrogens with zero attached hydrogens (tertiary/aromatic N) is 2. The molecular formula is C10H11FN2O2. The van der Waals surface area contributed by atoms with Gasteiger partial charge in [0.2, 0.25) is 5.95 Å². The highest BCUT2D eigenvalue weighted by Crippen LogP contribution is 2.19. The van der Waals surface area contributed by atoms with E-state index in [0.29, 0.717) is 18.7 Å². The lowest BCUT2D eigenvalue weighted by Crippen LogP contribution is -2.28. The van der Waals surface area contributed by atoms with Crippen LogP contribution in [0, 0.1) is 5.95 Å². The lowest BCUT2D eigenvalue weighted by Gasteiger charge is -2.24. The average molecular weight is 210 g/mol. The number of rotatable bonds is 1. The maximum atomic E-state index is 13.2. The summed E-state index contributed by atoms with van der Waals surface area (Å²) in [6.45, 7) is 1.45. The predicted molar refractivity (Wildman–Crippen MR) is 51.2 cm³/mol. The first kappa shape index (κ1) is 10.0. The van der Waals surface area contributed by atoms with Gasteiger partial charge in [-0.15, -0.1) is 0 Å². The number of fused-ring (bicyclic) bond motifs is 1. The highest BCUT2D eigenvalue weighted by molar-refractivity contribution is 5.87. The van der Waals surface area contributed by atoms with Crippen LogP contribution in [0.2, 0.25) is 0 Å². The van der Waals surface area contributed by atoms with Gasteiger partial charge in [-0.05, 0) is 18.7 Å². The van der Waals surface area contributed by atoms with Gasteiger partial charge in [-0.1, -0.05) is 0 Å². The van der Waals surface area contributed by atoms with E-state index in [2.05, 4.69) is 4.98 Å². The second-order valence-electron chi connectivity index (χ2n) is 3.73. The molecule has 5 heteroatoms. The first-order chi connectivity index (χ1) is 7.08. The Hall–Kier alpha value is -1.49. The number of aromatic carboxylic acids is 1. The molecule has 0 saturated heterocycles. The van der Waals surface area contributed by atoms with E-state index >= 15 is 0 Å². The summed E-state index contributed by atoms with van der Waals surface area (Å²) in [7, 11) is 1.94. The number of hydrogen-bond acceptors (Lipinski definition) is 3. The fraction of sp³-hybridized carbons (Fsp3) is 0.400. The molecule has 1 aromatic heterocycles. The minimum absolute atomic E-state index is 0.343. The van der Waals surface area contributed by atoms with Crippen molar-refractivity contribution in [3.63, 3.8) is 0 Å². The molecule has 0 saturated carbocycles. The van der Waals surface area contributed by atoms with E-state index in [1.807, 2.05) is 11.9 Å². The molecule has 0 unspecified atom stereocenters. The van der Waals surface area contributed by atoms with Gasteiger partial charge in [0, 0.05) is 25.2 Å². The van der Waals surface area contributed by atoms with Gasteiger partial charge < -0.3 is 10.0 Å². The molecule has 0 fully saturated rings. The molecule has 0 bridgehead atoms. The van der Waals surface area contributed by atoms with Crippen molar-refractivity contribution in [1.82, 2.24) is 9.88 Å². The molecule has 0 amide bonds. The first-order valence-electron chi connectivity index (χ1n) is 4.68. The van der Waals surface area contributed by atoms with Gasteiger partial charge >= 0.3 is 5.97 Å². The lowest BCUT2D eigenvalue weighted by molar-refractivity contribution is 0.0690. The number of hydrogen-bond donors (Lipinski definition) is 1. The molecule has 4 nitrogen and oxygen atoms in total. The molecule has 2 heterocycles. The molecule has 0 aliphatic carbocycles. The second kappa shape index (κ2) is 3.58. The number of pyridine rings is 1. The predicted octanol–water partition coefficient (Wildman–Crippen LogP) is 0.907. The molecule has 1 aliphatic rings. The third-order valence-electron chi connectivity index (χ3n) is 2.55. The summed E-state index contributed by atoms with van der Waals surface area (Å²) in [6.07, 6.45) is 0.669. The van der Waals surface area contributed by atoms with Gasteiger partial charge in [-0.25, -0.2) is 9.78 Å². The van der Waals surface area contributed by atoms with Crippen LogP contribution < -0.4 is 0 Å². The molecule has 2 rings (SSSR count).